The predicted molar refractivity (Wildman–Crippen MR) is 86.8 cm³/mol. The number of carbonyl (C=O) groups is 1. The van der Waals surface area contributed by atoms with Crippen molar-refractivity contribution in [1.29, 1.82) is 0 Å². The van der Waals surface area contributed by atoms with Gasteiger partial charge in [-0.15, -0.1) is 0 Å². The van der Waals surface area contributed by atoms with Gasteiger partial charge in [-0.2, -0.15) is 0 Å². The van der Waals surface area contributed by atoms with E-state index in [1.54, 1.807) is 7.11 Å². The van der Waals surface area contributed by atoms with Crippen molar-refractivity contribution in [2.24, 2.45) is 0 Å². The number of ketones is 1. The molecule has 0 heterocycles. The Morgan fingerprint density at radius 3 is 2.86 bits per heavy atom. The monoisotopic (exact) mass is 286 g/mol. The molecule has 21 heavy (non-hydrogen) atoms. The summed E-state index contributed by atoms with van der Waals surface area (Å²) in [7, 11) is 1.71. The van der Waals surface area contributed by atoms with Crippen LogP contribution in [0.1, 0.15) is 63.4 Å². The molecule has 1 atom stereocenters. The van der Waals surface area contributed by atoms with Crippen molar-refractivity contribution < 1.29 is 9.53 Å². The number of methoxy groups -OCH3 is 1. The highest BCUT2D eigenvalue weighted by atomic mass is 16.5. The van der Waals surface area contributed by atoms with Crippen LogP contribution in [0.2, 0.25) is 0 Å². The summed E-state index contributed by atoms with van der Waals surface area (Å²) in [5.41, 5.74) is 2.66. The molecule has 2 rings (SSSR count). The van der Waals surface area contributed by atoms with Gasteiger partial charge >= 0.3 is 0 Å². The molecule has 2 heteroatoms. The van der Waals surface area contributed by atoms with Gasteiger partial charge in [0.25, 0.3) is 0 Å². The second-order valence-corrected chi connectivity index (χ2v) is 5.94. The summed E-state index contributed by atoms with van der Waals surface area (Å²) in [5, 5.41) is 0. The maximum Gasteiger partial charge on any atom is 0.155 e. The number of benzene rings is 1. The van der Waals surface area contributed by atoms with Crippen molar-refractivity contribution in [3.63, 3.8) is 0 Å². The van der Waals surface area contributed by atoms with E-state index in [1.807, 2.05) is 12.1 Å². The minimum atomic E-state index is 0.302. The van der Waals surface area contributed by atoms with E-state index in [9.17, 15) is 4.79 Å². The SMILES string of the molecule is CCCC[C@H](CC1=CC(=O)CCC1)c1cccc(OC)c1. The van der Waals surface area contributed by atoms with Crippen molar-refractivity contribution in [1.82, 2.24) is 0 Å². The van der Waals surface area contributed by atoms with Gasteiger partial charge in [-0.05, 0) is 55.4 Å². The van der Waals surface area contributed by atoms with Gasteiger partial charge in [0.2, 0.25) is 0 Å². The minimum Gasteiger partial charge on any atom is -0.497 e. The predicted octanol–water partition coefficient (Wildman–Crippen LogP) is 5.04. The number of rotatable bonds is 7. The number of carbonyl (C=O) groups excluding carboxylic acids is 1. The summed E-state index contributed by atoms with van der Waals surface area (Å²) in [4.78, 5) is 11.6. The molecule has 1 aliphatic rings. The lowest BCUT2D eigenvalue weighted by molar-refractivity contribution is -0.115. The van der Waals surface area contributed by atoms with Crippen LogP contribution in [-0.4, -0.2) is 12.9 Å². The smallest absolute Gasteiger partial charge is 0.155 e. The largest absolute Gasteiger partial charge is 0.497 e. The summed E-state index contributed by atoms with van der Waals surface area (Å²) in [6, 6.07) is 8.39. The van der Waals surface area contributed by atoms with Crippen LogP contribution in [0.15, 0.2) is 35.9 Å². The fraction of sp³-hybridized carbons (Fsp3) is 0.526. The molecular formula is C19H26O2. The van der Waals surface area contributed by atoms with Crippen molar-refractivity contribution in [2.45, 2.75) is 57.8 Å². The van der Waals surface area contributed by atoms with Crippen molar-refractivity contribution in [3.05, 3.63) is 41.5 Å². The van der Waals surface area contributed by atoms with Gasteiger partial charge in [0.05, 0.1) is 7.11 Å². The van der Waals surface area contributed by atoms with Crippen LogP contribution in [0.25, 0.3) is 0 Å². The lowest BCUT2D eigenvalue weighted by atomic mass is 9.84. The van der Waals surface area contributed by atoms with E-state index >= 15 is 0 Å². The lowest BCUT2D eigenvalue weighted by Gasteiger charge is -2.21. The molecule has 1 aliphatic carbocycles. The van der Waals surface area contributed by atoms with Crippen molar-refractivity contribution in [2.75, 3.05) is 7.11 Å². The van der Waals surface area contributed by atoms with Gasteiger partial charge in [-0.25, -0.2) is 0 Å². The molecule has 0 fully saturated rings. The van der Waals surface area contributed by atoms with E-state index in [2.05, 4.69) is 25.1 Å². The zero-order valence-electron chi connectivity index (χ0n) is 13.2. The summed E-state index contributed by atoms with van der Waals surface area (Å²) in [6.07, 6.45) is 9.34. The Morgan fingerprint density at radius 2 is 2.14 bits per heavy atom. The standard InChI is InChI=1S/C19H26O2/c1-3-4-8-16(12-15-7-5-10-18(20)13-15)17-9-6-11-19(14-17)21-2/h6,9,11,13-14,16H,3-5,7-8,10,12H2,1-2H3/t16-/m1/s1. The third-order valence-corrected chi connectivity index (χ3v) is 4.27. The first kappa shape index (κ1) is 15.8. The van der Waals surface area contributed by atoms with E-state index in [4.69, 9.17) is 4.74 Å². The molecule has 0 aliphatic heterocycles. The number of unbranched alkanes of at least 4 members (excludes halogenated alkanes) is 1. The van der Waals surface area contributed by atoms with Crippen molar-refractivity contribution in [3.8, 4) is 5.75 Å². The Kier molecular flexibility index (Phi) is 6.04. The Labute approximate surface area is 128 Å². The first-order valence-electron chi connectivity index (χ1n) is 8.09. The third kappa shape index (κ3) is 4.73. The third-order valence-electron chi connectivity index (χ3n) is 4.27. The highest BCUT2D eigenvalue weighted by Crippen LogP contribution is 2.33. The maximum absolute atomic E-state index is 11.6. The average Bonchev–Trinajstić information content (AvgIpc) is 2.51. The highest BCUT2D eigenvalue weighted by Gasteiger charge is 2.17. The average molecular weight is 286 g/mol. The topological polar surface area (TPSA) is 26.3 Å². The van der Waals surface area contributed by atoms with Gasteiger partial charge in [0.1, 0.15) is 5.75 Å². The Balaban J connectivity index is 2.14. The molecule has 0 saturated heterocycles. The molecule has 2 nitrogen and oxygen atoms in total. The Morgan fingerprint density at radius 1 is 1.29 bits per heavy atom. The molecular weight excluding hydrogens is 260 g/mol. The molecule has 0 bridgehead atoms. The van der Waals surface area contributed by atoms with Gasteiger partial charge in [-0.3, -0.25) is 4.79 Å². The second-order valence-electron chi connectivity index (χ2n) is 5.94. The summed E-state index contributed by atoms with van der Waals surface area (Å²) < 4.78 is 5.35. The summed E-state index contributed by atoms with van der Waals surface area (Å²) in [5.74, 6) is 1.72. The Bertz CT molecular complexity index is 502. The first-order chi connectivity index (χ1) is 10.2. The van der Waals surface area contributed by atoms with E-state index in [0.29, 0.717) is 11.7 Å². The maximum atomic E-state index is 11.6. The first-order valence-corrected chi connectivity index (χ1v) is 8.09. The van der Waals surface area contributed by atoms with Crippen LogP contribution >= 0.6 is 0 Å². The number of hydrogen-bond acceptors (Lipinski definition) is 2. The quantitative estimate of drug-likeness (QED) is 0.702. The van der Waals surface area contributed by atoms with E-state index in [-0.39, 0.29) is 0 Å². The van der Waals surface area contributed by atoms with E-state index < -0.39 is 0 Å². The van der Waals surface area contributed by atoms with Crippen LogP contribution in [0, 0.1) is 0 Å². The molecule has 0 unspecified atom stereocenters. The van der Waals surface area contributed by atoms with Crippen LogP contribution in [-0.2, 0) is 4.79 Å². The molecule has 114 valence electrons. The molecule has 0 spiro atoms. The summed E-state index contributed by atoms with van der Waals surface area (Å²) >= 11 is 0. The van der Waals surface area contributed by atoms with Crippen LogP contribution in [0.5, 0.6) is 5.75 Å². The lowest BCUT2D eigenvalue weighted by Crippen LogP contribution is -2.07. The van der Waals surface area contributed by atoms with E-state index in [0.717, 1.165) is 31.4 Å². The number of ether oxygens (including phenoxy) is 1. The van der Waals surface area contributed by atoms with E-state index in [1.165, 1.54) is 30.4 Å². The number of allylic oxidation sites excluding steroid dienone is 2. The van der Waals surface area contributed by atoms with Crippen molar-refractivity contribution >= 4 is 5.78 Å². The normalized spacial score (nSPS) is 16.5. The molecule has 1 aromatic carbocycles. The number of hydrogen-bond donors (Lipinski definition) is 0. The molecule has 1 aromatic rings. The molecule has 0 radical (unpaired) electrons. The van der Waals surface area contributed by atoms with Crippen LogP contribution in [0.4, 0.5) is 0 Å². The summed E-state index contributed by atoms with van der Waals surface area (Å²) in [6.45, 7) is 2.23. The van der Waals surface area contributed by atoms with Gasteiger partial charge < -0.3 is 4.74 Å². The van der Waals surface area contributed by atoms with Gasteiger partial charge in [0.15, 0.2) is 5.78 Å². The molecule has 0 amide bonds. The molecule has 0 saturated carbocycles. The van der Waals surface area contributed by atoms with Gasteiger partial charge in [-0.1, -0.05) is 37.5 Å². The van der Waals surface area contributed by atoms with Gasteiger partial charge in [0, 0.05) is 6.42 Å². The van der Waals surface area contributed by atoms with Crippen LogP contribution < -0.4 is 4.74 Å². The fourth-order valence-corrected chi connectivity index (χ4v) is 3.07. The van der Waals surface area contributed by atoms with Crippen LogP contribution in [0.3, 0.4) is 0 Å². The Hall–Kier alpha value is -1.57. The molecule has 0 N–H and O–H groups in total. The fourth-order valence-electron chi connectivity index (χ4n) is 3.07. The minimum absolute atomic E-state index is 0.302. The highest BCUT2D eigenvalue weighted by molar-refractivity contribution is 5.91. The molecule has 0 aromatic heterocycles. The zero-order chi connectivity index (χ0) is 15.1. The zero-order valence-corrected chi connectivity index (χ0v) is 13.2. The second kappa shape index (κ2) is 8.02.